The Morgan fingerprint density at radius 2 is 1.67 bits per heavy atom. The van der Waals surface area contributed by atoms with Gasteiger partial charge in [-0.05, 0) is 98.3 Å². The molecule has 2 aromatic rings. The van der Waals surface area contributed by atoms with Crippen LogP contribution in [0, 0.1) is 5.92 Å². The lowest BCUT2D eigenvalue weighted by Gasteiger charge is -2.39. The van der Waals surface area contributed by atoms with Crippen LogP contribution >= 0.6 is 0 Å². The van der Waals surface area contributed by atoms with Crippen molar-refractivity contribution >= 4 is 14.2 Å². The van der Waals surface area contributed by atoms with Gasteiger partial charge in [-0.15, -0.1) is 0 Å². The molecule has 1 aliphatic rings. The van der Waals surface area contributed by atoms with Crippen LogP contribution in [0.15, 0.2) is 42.5 Å². The van der Waals surface area contributed by atoms with Gasteiger partial charge >= 0.3 is 0 Å². The van der Waals surface area contributed by atoms with Gasteiger partial charge in [0.15, 0.2) is 8.32 Å². The molecule has 0 aliphatic heterocycles. The van der Waals surface area contributed by atoms with Crippen molar-refractivity contribution in [2.45, 2.75) is 122 Å². The Kier molecular flexibility index (Phi) is 12.3. The van der Waals surface area contributed by atoms with Gasteiger partial charge in [0, 0.05) is 24.2 Å². The first-order valence-electron chi connectivity index (χ1n) is 15.9. The maximum atomic E-state index is 12.7. The molecule has 2 aromatic carbocycles. The largest absolute Gasteiger partial charge is 0.508 e. The van der Waals surface area contributed by atoms with Crippen LogP contribution in [0.1, 0.15) is 101 Å². The first kappa shape index (κ1) is 34.3. The lowest BCUT2D eigenvalue weighted by Crippen LogP contribution is -2.45. The highest BCUT2D eigenvalue weighted by Gasteiger charge is 2.40. The zero-order chi connectivity index (χ0) is 31.0. The molecule has 1 atom stereocenters. The molecule has 6 nitrogen and oxygen atoms in total. The Labute approximate surface area is 255 Å². The van der Waals surface area contributed by atoms with E-state index in [2.05, 4.69) is 50.5 Å². The summed E-state index contributed by atoms with van der Waals surface area (Å²) in [4.78, 5) is 23.7. The van der Waals surface area contributed by atoms with Gasteiger partial charge in [-0.2, -0.15) is 0 Å². The van der Waals surface area contributed by atoms with E-state index in [1.54, 1.807) is 6.07 Å². The highest BCUT2D eigenvalue weighted by atomic mass is 28.4. The second-order valence-electron chi connectivity index (χ2n) is 14.5. The molecule has 5 N–H and O–H groups in total. The van der Waals surface area contributed by atoms with E-state index in [9.17, 15) is 19.8 Å². The summed E-state index contributed by atoms with van der Waals surface area (Å²) in [6.45, 7) is 13.9. The molecular formula is C35H56N2O4Si. The van der Waals surface area contributed by atoms with E-state index >= 15 is 0 Å². The normalized spacial score (nSPS) is 16.2. The maximum absolute atomic E-state index is 12.7. The van der Waals surface area contributed by atoms with Crippen LogP contribution in [-0.4, -0.2) is 47.9 Å². The second kappa shape index (κ2) is 15.0. The molecule has 0 unspecified atom stereocenters. The number of carbonyl (C=O) groups excluding carboxylic acids is 1. The zero-order valence-electron chi connectivity index (χ0n) is 26.9. The summed E-state index contributed by atoms with van der Waals surface area (Å²) in [5.41, 5.74) is 3.58. The zero-order valence-corrected chi connectivity index (χ0v) is 27.9. The summed E-state index contributed by atoms with van der Waals surface area (Å²) in [6, 6.07) is 13.8. The third kappa shape index (κ3) is 10.5. The lowest BCUT2D eigenvalue weighted by molar-refractivity contribution is -0.120. The molecule has 1 amide bonds. The predicted molar refractivity (Wildman–Crippen MR) is 175 cm³/mol. The van der Waals surface area contributed by atoms with Gasteiger partial charge in [-0.1, -0.05) is 69.9 Å². The van der Waals surface area contributed by atoms with Gasteiger partial charge < -0.3 is 25.6 Å². The van der Waals surface area contributed by atoms with E-state index in [-0.39, 0.29) is 34.8 Å². The molecule has 0 aromatic heterocycles. The smallest absolute Gasteiger partial charge is 0.224 e. The van der Waals surface area contributed by atoms with Crippen molar-refractivity contribution in [1.82, 2.24) is 10.6 Å². The molecule has 3 rings (SSSR count). The Bertz CT molecular complexity index is 1150. The Morgan fingerprint density at radius 3 is 2.31 bits per heavy atom. The molecule has 0 heterocycles. The molecule has 1 aliphatic carbocycles. The van der Waals surface area contributed by atoms with Crippen LogP contribution in [-0.2, 0) is 24.2 Å². The van der Waals surface area contributed by atoms with Crippen molar-refractivity contribution in [2.24, 2.45) is 5.92 Å². The van der Waals surface area contributed by atoms with Crippen molar-refractivity contribution in [3.8, 4) is 5.75 Å². The van der Waals surface area contributed by atoms with Crippen LogP contribution in [0.3, 0.4) is 0 Å². The van der Waals surface area contributed by atoms with Gasteiger partial charge in [-0.25, -0.2) is 0 Å². The number of benzene rings is 2. The number of aliphatic hydroxyl groups is 1. The van der Waals surface area contributed by atoms with Crippen molar-refractivity contribution < 1.29 is 19.8 Å². The minimum atomic E-state index is -2.45. The number of amides is 1. The molecule has 42 heavy (non-hydrogen) atoms. The van der Waals surface area contributed by atoms with Crippen LogP contribution in [0.25, 0.3) is 0 Å². The van der Waals surface area contributed by atoms with E-state index in [1.165, 1.54) is 44.1 Å². The van der Waals surface area contributed by atoms with Gasteiger partial charge in [-0.3, -0.25) is 4.79 Å². The number of aromatic hydroxyl groups is 1. The fourth-order valence-electron chi connectivity index (χ4n) is 6.06. The van der Waals surface area contributed by atoms with Crippen LogP contribution < -0.4 is 10.6 Å². The third-order valence-electron chi connectivity index (χ3n) is 9.55. The third-order valence-corrected chi connectivity index (χ3v) is 13.1. The molecule has 1 fully saturated rings. The van der Waals surface area contributed by atoms with Crippen LogP contribution in [0.4, 0.5) is 0 Å². The topological polar surface area (TPSA) is 102 Å². The van der Waals surface area contributed by atoms with Crippen molar-refractivity contribution in [3.05, 3.63) is 64.7 Å². The first-order valence-corrected chi connectivity index (χ1v) is 18.9. The summed E-state index contributed by atoms with van der Waals surface area (Å²) in [5, 5.41) is 26.6. The van der Waals surface area contributed by atoms with E-state index in [0.29, 0.717) is 24.4 Å². The fraction of sp³-hybridized carbons (Fsp3) is 0.629. The van der Waals surface area contributed by atoms with Gasteiger partial charge in [0.2, 0.25) is 5.91 Å². The molecule has 7 heteroatoms. The lowest BCUT2D eigenvalue weighted by atomic mass is 9.87. The van der Waals surface area contributed by atoms with Gasteiger partial charge in [0.05, 0.1) is 13.0 Å². The molecule has 0 spiro atoms. The average molecular weight is 597 g/mol. The molecule has 0 saturated heterocycles. The van der Waals surface area contributed by atoms with E-state index in [4.69, 9.17) is 0 Å². The second-order valence-corrected chi connectivity index (χ2v) is 19.0. The molecular weight excluding hydrogens is 540 g/mol. The highest BCUT2D eigenvalue weighted by Crippen LogP contribution is 2.44. The van der Waals surface area contributed by atoms with Crippen molar-refractivity contribution in [1.29, 1.82) is 0 Å². The van der Waals surface area contributed by atoms with Crippen LogP contribution in [0.5, 0.6) is 5.75 Å². The minimum absolute atomic E-state index is 0.0904. The molecule has 234 valence electrons. The van der Waals surface area contributed by atoms with Crippen LogP contribution in [0.2, 0.25) is 18.1 Å². The number of nitrogens with one attached hydrogen (secondary N) is 2. The van der Waals surface area contributed by atoms with Gasteiger partial charge in [0.1, 0.15) is 5.75 Å². The number of aliphatic hydroxyl groups excluding tert-OH is 1. The molecule has 0 bridgehead atoms. The summed E-state index contributed by atoms with van der Waals surface area (Å²) in [5.74, 6) is 0.910. The van der Waals surface area contributed by atoms with E-state index in [0.717, 1.165) is 30.5 Å². The number of rotatable bonds is 14. The SMILES string of the molecule is CC(C)(Cc1cccc(CC(=O)NCC2CCCCCC2)c1)NC[C@H](CC(C)(C)[Si](C)(C)O)c1ccc(O)c(CO)c1. The maximum Gasteiger partial charge on any atom is 0.224 e. The number of hydrogen-bond acceptors (Lipinski definition) is 5. The average Bonchev–Trinajstić information content (AvgIpc) is 3.18. The summed E-state index contributed by atoms with van der Waals surface area (Å²) >= 11 is 0. The van der Waals surface area contributed by atoms with E-state index < -0.39 is 8.32 Å². The highest BCUT2D eigenvalue weighted by molar-refractivity contribution is 6.72. The van der Waals surface area contributed by atoms with E-state index in [1.807, 2.05) is 37.4 Å². The number of carbonyl (C=O) groups is 1. The standard InChI is InChI=1S/C35H56N2O4Si/c1-34(2,21-28-15-11-14-27(18-28)19-33(40)36-23-26-12-9-7-8-10-13-26)37-24-31(22-35(3,4)42(5,6)41)29-16-17-32(39)30(20-29)25-38/h11,14-18,20,26,31,37-39,41H,7-10,12-13,19,21-25H2,1-6H3,(H,36,40)/t31-/m0/s1. The summed E-state index contributed by atoms with van der Waals surface area (Å²) in [6.07, 6.45) is 9.66. The molecule has 1 saturated carbocycles. The van der Waals surface area contributed by atoms with Gasteiger partial charge in [0.25, 0.3) is 0 Å². The summed E-state index contributed by atoms with van der Waals surface area (Å²) < 4.78 is 0. The Balaban J connectivity index is 1.64. The fourth-order valence-corrected chi connectivity index (χ4v) is 6.80. The summed E-state index contributed by atoms with van der Waals surface area (Å²) in [7, 11) is -2.45. The monoisotopic (exact) mass is 596 g/mol. The van der Waals surface area contributed by atoms with Crippen molar-refractivity contribution in [3.63, 3.8) is 0 Å². The first-order chi connectivity index (χ1) is 19.7. The Morgan fingerprint density at radius 1 is 1.00 bits per heavy atom. The predicted octanol–water partition coefficient (Wildman–Crippen LogP) is 6.58. The number of hydrogen-bond donors (Lipinski definition) is 5. The quantitative estimate of drug-likeness (QED) is 0.125. The molecule has 0 radical (unpaired) electrons. The van der Waals surface area contributed by atoms with Crippen molar-refractivity contribution in [2.75, 3.05) is 13.1 Å². The minimum Gasteiger partial charge on any atom is -0.508 e. The number of phenols is 1. The Hall–Kier alpha value is -2.19.